The van der Waals surface area contributed by atoms with Crippen LogP contribution < -0.4 is 5.56 Å². The van der Waals surface area contributed by atoms with Crippen molar-refractivity contribution < 1.29 is 0 Å². The molecule has 2 aromatic heterocycles. The number of hydrogen-bond donors (Lipinski definition) is 1. The first-order valence-electron chi connectivity index (χ1n) is 8.54. The van der Waals surface area contributed by atoms with Gasteiger partial charge in [-0.3, -0.25) is 9.69 Å². The van der Waals surface area contributed by atoms with Gasteiger partial charge in [-0.15, -0.1) is 11.3 Å². The number of aromatic amines is 1. The molecule has 0 spiro atoms. The maximum atomic E-state index is 12.3. The molecule has 4 rings (SSSR count). The van der Waals surface area contributed by atoms with Crippen molar-refractivity contribution in [3.05, 3.63) is 99.4 Å². The second-order valence-corrected chi connectivity index (χ2v) is 7.18. The van der Waals surface area contributed by atoms with Crippen LogP contribution in [0.1, 0.15) is 17.0 Å². The third kappa shape index (κ3) is 3.90. The fourth-order valence-corrected chi connectivity index (χ4v) is 3.78. The normalized spacial score (nSPS) is 11.3. The van der Waals surface area contributed by atoms with Crippen molar-refractivity contribution in [3.63, 3.8) is 0 Å². The van der Waals surface area contributed by atoms with Crippen LogP contribution in [0.4, 0.5) is 0 Å². The Hall–Kier alpha value is -2.76. The van der Waals surface area contributed by atoms with Crippen LogP contribution in [0.15, 0.2) is 76.9 Å². The molecule has 130 valence electrons. The van der Waals surface area contributed by atoms with Crippen molar-refractivity contribution >= 4 is 21.6 Å². The molecule has 0 aliphatic heterocycles. The molecule has 0 unspecified atom stereocenters. The van der Waals surface area contributed by atoms with Gasteiger partial charge in [0.1, 0.15) is 10.5 Å². The molecular formula is C21H19N3OS. The number of hydrogen-bond acceptors (Lipinski definition) is 4. The Labute approximate surface area is 155 Å². The summed E-state index contributed by atoms with van der Waals surface area (Å²) in [4.78, 5) is 22.1. The number of benzene rings is 2. The van der Waals surface area contributed by atoms with Crippen LogP contribution in [0.2, 0.25) is 0 Å². The quantitative estimate of drug-likeness (QED) is 0.560. The first-order chi connectivity index (χ1) is 12.8. The highest BCUT2D eigenvalue weighted by Crippen LogP contribution is 2.16. The van der Waals surface area contributed by atoms with Gasteiger partial charge in [0.05, 0.1) is 12.1 Å². The predicted octanol–water partition coefficient (Wildman–Crippen LogP) is 4.19. The first-order valence-corrected chi connectivity index (χ1v) is 9.42. The zero-order chi connectivity index (χ0) is 17.8. The molecule has 0 saturated carbocycles. The van der Waals surface area contributed by atoms with Crippen LogP contribution in [0, 0.1) is 0 Å². The Morgan fingerprint density at radius 1 is 0.846 bits per heavy atom. The Balaban J connectivity index is 1.61. The van der Waals surface area contributed by atoms with Gasteiger partial charge in [-0.2, -0.15) is 0 Å². The van der Waals surface area contributed by atoms with Gasteiger partial charge in [-0.05, 0) is 22.6 Å². The summed E-state index contributed by atoms with van der Waals surface area (Å²) in [5.74, 6) is 0.702. The van der Waals surface area contributed by atoms with E-state index in [4.69, 9.17) is 0 Å². The number of nitrogens with zero attached hydrogens (tertiary/aromatic N) is 2. The van der Waals surface area contributed by atoms with Crippen LogP contribution in [-0.2, 0) is 19.6 Å². The topological polar surface area (TPSA) is 49.0 Å². The van der Waals surface area contributed by atoms with Gasteiger partial charge in [0.25, 0.3) is 5.56 Å². The van der Waals surface area contributed by atoms with E-state index in [2.05, 4.69) is 39.1 Å². The van der Waals surface area contributed by atoms with E-state index in [1.165, 1.54) is 22.5 Å². The molecule has 1 N–H and O–H groups in total. The molecule has 4 nitrogen and oxygen atoms in total. The SMILES string of the molecule is O=c1[nH]c(CN(Cc2ccccc2)Cc2ccccc2)nc2ccsc12. The molecule has 0 fully saturated rings. The van der Waals surface area contributed by atoms with E-state index < -0.39 is 0 Å². The highest BCUT2D eigenvalue weighted by atomic mass is 32.1. The van der Waals surface area contributed by atoms with Crippen LogP contribution in [-0.4, -0.2) is 14.9 Å². The van der Waals surface area contributed by atoms with Crippen LogP contribution in [0.3, 0.4) is 0 Å². The molecule has 2 heterocycles. The minimum absolute atomic E-state index is 0.0561. The molecule has 2 aromatic carbocycles. The first kappa shape index (κ1) is 16.7. The fraction of sp³-hybridized carbons (Fsp3) is 0.143. The predicted molar refractivity (Wildman–Crippen MR) is 106 cm³/mol. The summed E-state index contributed by atoms with van der Waals surface area (Å²) in [5.41, 5.74) is 3.19. The summed E-state index contributed by atoms with van der Waals surface area (Å²) in [6.45, 7) is 2.17. The number of rotatable bonds is 6. The Kier molecular flexibility index (Phi) is 4.91. The van der Waals surface area contributed by atoms with Crippen molar-refractivity contribution in [2.24, 2.45) is 0 Å². The van der Waals surface area contributed by atoms with Gasteiger partial charge in [-0.25, -0.2) is 4.98 Å². The molecule has 5 heteroatoms. The summed E-state index contributed by atoms with van der Waals surface area (Å²) in [6.07, 6.45) is 0. The van der Waals surface area contributed by atoms with Gasteiger partial charge in [0, 0.05) is 13.1 Å². The van der Waals surface area contributed by atoms with Crippen molar-refractivity contribution in [2.45, 2.75) is 19.6 Å². The van der Waals surface area contributed by atoms with E-state index in [9.17, 15) is 4.79 Å². The van der Waals surface area contributed by atoms with E-state index in [0.29, 0.717) is 17.1 Å². The molecule has 0 amide bonds. The monoisotopic (exact) mass is 361 g/mol. The molecule has 0 radical (unpaired) electrons. The number of H-pyrrole nitrogens is 1. The average molecular weight is 361 g/mol. The lowest BCUT2D eigenvalue weighted by molar-refractivity contribution is 0.241. The zero-order valence-corrected chi connectivity index (χ0v) is 15.1. The summed E-state index contributed by atoms with van der Waals surface area (Å²) >= 11 is 1.43. The van der Waals surface area contributed by atoms with Gasteiger partial charge >= 0.3 is 0 Å². The van der Waals surface area contributed by atoms with Crippen LogP contribution >= 0.6 is 11.3 Å². The molecule has 26 heavy (non-hydrogen) atoms. The number of fused-ring (bicyclic) bond motifs is 1. The number of nitrogens with one attached hydrogen (secondary N) is 1. The molecule has 0 aliphatic rings. The van der Waals surface area contributed by atoms with Crippen LogP contribution in [0.25, 0.3) is 10.2 Å². The van der Waals surface area contributed by atoms with E-state index in [-0.39, 0.29) is 5.56 Å². The highest BCUT2D eigenvalue weighted by Gasteiger charge is 2.12. The van der Waals surface area contributed by atoms with Gasteiger partial charge < -0.3 is 4.98 Å². The van der Waals surface area contributed by atoms with Crippen molar-refractivity contribution in [1.82, 2.24) is 14.9 Å². The van der Waals surface area contributed by atoms with Gasteiger partial charge in [0.2, 0.25) is 0 Å². The molecule has 4 aromatic rings. The minimum Gasteiger partial charge on any atom is -0.308 e. The smallest absolute Gasteiger partial charge is 0.268 e. The molecule has 0 saturated heterocycles. The van der Waals surface area contributed by atoms with Gasteiger partial charge in [-0.1, -0.05) is 60.7 Å². The molecule has 0 aliphatic carbocycles. The Morgan fingerprint density at radius 2 is 1.46 bits per heavy atom. The number of aromatic nitrogens is 2. The van der Waals surface area contributed by atoms with E-state index in [1.807, 2.05) is 47.8 Å². The van der Waals surface area contributed by atoms with E-state index in [1.54, 1.807) is 0 Å². The lowest BCUT2D eigenvalue weighted by atomic mass is 10.1. The molecular weight excluding hydrogens is 342 g/mol. The Bertz CT molecular complexity index is 999. The third-order valence-corrected chi connectivity index (χ3v) is 5.14. The zero-order valence-electron chi connectivity index (χ0n) is 14.3. The highest BCUT2D eigenvalue weighted by molar-refractivity contribution is 7.17. The standard InChI is InChI=1S/C21H19N3OS/c25-21-20-18(11-12-26-20)22-19(23-21)15-24(13-16-7-3-1-4-8-16)14-17-9-5-2-6-10-17/h1-12H,13-15H2,(H,22,23,25). The summed E-state index contributed by atoms with van der Waals surface area (Å²) in [6, 6.07) is 22.6. The van der Waals surface area contributed by atoms with E-state index >= 15 is 0 Å². The maximum absolute atomic E-state index is 12.3. The molecule has 0 atom stereocenters. The van der Waals surface area contributed by atoms with Crippen molar-refractivity contribution in [1.29, 1.82) is 0 Å². The summed E-state index contributed by atoms with van der Waals surface area (Å²) < 4.78 is 0.686. The van der Waals surface area contributed by atoms with Gasteiger partial charge in [0.15, 0.2) is 0 Å². The largest absolute Gasteiger partial charge is 0.308 e. The third-order valence-electron chi connectivity index (χ3n) is 4.24. The second-order valence-electron chi connectivity index (χ2n) is 6.26. The summed E-state index contributed by atoms with van der Waals surface area (Å²) in [7, 11) is 0. The van der Waals surface area contributed by atoms with Crippen molar-refractivity contribution in [3.8, 4) is 0 Å². The maximum Gasteiger partial charge on any atom is 0.268 e. The number of thiophene rings is 1. The van der Waals surface area contributed by atoms with Crippen LogP contribution in [0.5, 0.6) is 0 Å². The summed E-state index contributed by atoms with van der Waals surface area (Å²) in [5, 5.41) is 1.91. The average Bonchev–Trinajstić information content (AvgIpc) is 3.12. The fourth-order valence-electron chi connectivity index (χ4n) is 3.06. The van der Waals surface area contributed by atoms with Crippen molar-refractivity contribution in [2.75, 3.05) is 0 Å². The molecule has 0 bridgehead atoms. The second kappa shape index (κ2) is 7.64. The Morgan fingerprint density at radius 3 is 2.08 bits per heavy atom. The van der Waals surface area contributed by atoms with E-state index in [0.717, 1.165) is 18.6 Å². The lowest BCUT2D eigenvalue weighted by Gasteiger charge is -2.22. The lowest BCUT2D eigenvalue weighted by Crippen LogP contribution is -2.25. The minimum atomic E-state index is -0.0561.